The zero-order valence-electron chi connectivity index (χ0n) is 9.05. The smallest absolute Gasteiger partial charge is 0.180 e. The molecule has 0 bridgehead atoms. The standard InChI is InChI=1S/C11H17N3O/c1-15-10(12)6-5-9-7-13-14-11(9)8-3-2-4-8/h7-8,12H,2-6H2,1H3,(H,13,14). The largest absolute Gasteiger partial charge is 0.484 e. The maximum Gasteiger partial charge on any atom is 0.180 e. The Bertz CT molecular complexity index is 341. The summed E-state index contributed by atoms with van der Waals surface area (Å²) in [5.41, 5.74) is 2.53. The van der Waals surface area contributed by atoms with E-state index in [4.69, 9.17) is 10.1 Å². The fraction of sp³-hybridized carbons (Fsp3) is 0.636. The number of aryl methyl sites for hydroxylation is 1. The summed E-state index contributed by atoms with van der Waals surface area (Å²) >= 11 is 0. The van der Waals surface area contributed by atoms with Gasteiger partial charge in [0.15, 0.2) is 5.90 Å². The zero-order valence-corrected chi connectivity index (χ0v) is 9.05. The topological polar surface area (TPSA) is 61.8 Å². The van der Waals surface area contributed by atoms with Crippen LogP contribution in [0.5, 0.6) is 0 Å². The molecule has 0 spiro atoms. The summed E-state index contributed by atoms with van der Waals surface area (Å²) in [6.45, 7) is 0. The monoisotopic (exact) mass is 207 g/mol. The highest BCUT2D eigenvalue weighted by atomic mass is 16.5. The van der Waals surface area contributed by atoms with Gasteiger partial charge in [-0.1, -0.05) is 6.42 Å². The van der Waals surface area contributed by atoms with Crippen LogP contribution in [0, 0.1) is 5.41 Å². The van der Waals surface area contributed by atoms with Gasteiger partial charge >= 0.3 is 0 Å². The molecule has 1 aliphatic carbocycles. The number of hydrogen-bond acceptors (Lipinski definition) is 3. The SMILES string of the molecule is COC(=N)CCc1cn[nH]c1C1CCC1. The maximum atomic E-state index is 7.42. The predicted octanol–water partition coefficient (Wildman–Crippen LogP) is 2.23. The molecule has 1 aliphatic rings. The van der Waals surface area contributed by atoms with Crippen molar-refractivity contribution in [3.63, 3.8) is 0 Å². The van der Waals surface area contributed by atoms with Gasteiger partial charge in [0.25, 0.3) is 0 Å². The van der Waals surface area contributed by atoms with Crippen molar-refractivity contribution in [3.05, 3.63) is 17.5 Å². The fourth-order valence-electron chi connectivity index (χ4n) is 1.92. The average molecular weight is 207 g/mol. The van der Waals surface area contributed by atoms with E-state index in [1.165, 1.54) is 30.5 Å². The van der Waals surface area contributed by atoms with Gasteiger partial charge in [0, 0.05) is 18.0 Å². The lowest BCUT2D eigenvalue weighted by Crippen LogP contribution is -2.12. The number of hydrogen-bond donors (Lipinski definition) is 2. The van der Waals surface area contributed by atoms with E-state index in [1.807, 2.05) is 6.20 Å². The Hall–Kier alpha value is -1.32. The molecule has 1 fully saturated rings. The number of aromatic amines is 1. The fourth-order valence-corrected chi connectivity index (χ4v) is 1.92. The normalized spacial score (nSPS) is 16.1. The molecule has 0 aliphatic heterocycles. The summed E-state index contributed by atoms with van der Waals surface area (Å²) in [5, 5.41) is 14.6. The van der Waals surface area contributed by atoms with Crippen LogP contribution in [0.4, 0.5) is 0 Å². The predicted molar refractivity (Wildman–Crippen MR) is 58.2 cm³/mol. The molecule has 0 aromatic carbocycles. The van der Waals surface area contributed by atoms with Gasteiger partial charge in [0.1, 0.15) is 0 Å². The van der Waals surface area contributed by atoms with Crippen LogP contribution in [0.1, 0.15) is 42.9 Å². The summed E-state index contributed by atoms with van der Waals surface area (Å²) in [4.78, 5) is 0. The van der Waals surface area contributed by atoms with Crippen LogP contribution in [-0.2, 0) is 11.2 Å². The van der Waals surface area contributed by atoms with Crippen LogP contribution in [-0.4, -0.2) is 23.2 Å². The third-order valence-electron chi connectivity index (χ3n) is 3.13. The number of ether oxygens (including phenoxy) is 1. The van der Waals surface area contributed by atoms with Gasteiger partial charge in [-0.05, 0) is 24.8 Å². The molecule has 0 saturated heterocycles. The molecule has 82 valence electrons. The molecule has 2 rings (SSSR count). The molecular formula is C11H17N3O. The molecule has 1 saturated carbocycles. The molecule has 1 aromatic heterocycles. The minimum atomic E-state index is 0.343. The minimum absolute atomic E-state index is 0.343. The van der Waals surface area contributed by atoms with Crippen molar-refractivity contribution < 1.29 is 4.74 Å². The summed E-state index contributed by atoms with van der Waals surface area (Å²) in [5.74, 6) is 1.02. The molecule has 2 N–H and O–H groups in total. The first-order chi connectivity index (χ1) is 7.31. The van der Waals surface area contributed by atoms with Gasteiger partial charge in [0.05, 0.1) is 13.3 Å². The Labute approximate surface area is 89.5 Å². The number of rotatable bonds is 4. The Kier molecular flexibility index (Phi) is 3.04. The van der Waals surface area contributed by atoms with Gasteiger partial charge in [-0.2, -0.15) is 5.10 Å². The molecule has 0 radical (unpaired) electrons. The number of nitrogens with zero attached hydrogens (tertiary/aromatic N) is 1. The van der Waals surface area contributed by atoms with Crippen LogP contribution in [0.2, 0.25) is 0 Å². The number of H-pyrrole nitrogens is 1. The first kappa shape index (κ1) is 10.2. The van der Waals surface area contributed by atoms with E-state index in [-0.39, 0.29) is 0 Å². The minimum Gasteiger partial charge on any atom is -0.484 e. The molecule has 0 amide bonds. The third-order valence-corrected chi connectivity index (χ3v) is 3.13. The molecule has 1 heterocycles. The lowest BCUT2D eigenvalue weighted by atomic mass is 9.81. The molecule has 0 unspecified atom stereocenters. The third kappa shape index (κ3) is 2.19. The lowest BCUT2D eigenvalue weighted by molar-refractivity contribution is 0.385. The van der Waals surface area contributed by atoms with E-state index >= 15 is 0 Å². The van der Waals surface area contributed by atoms with Crippen molar-refractivity contribution in [1.29, 1.82) is 5.41 Å². The molecule has 4 heteroatoms. The molecule has 1 aromatic rings. The van der Waals surface area contributed by atoms with Crippen LogP contribution in [0.15, 0.2) is 6.20 Å². The highest BCUT2D eigenvalue weighted by Crippen LogP contribution is 2.36. The van der Waals surface area contributed by atoms with Gasteiger partial charge in [0.2, 0.25) is 0 Å². The van der Waals surface area contributed by atoms with E-state index in [0.29, 0.717) is 18.2 Å². The van der Waals surface area contributed by atoms with Gasteiger partial charge in [-0.3, -0.25) is 10.5 Å². The van der Waals surface area contributed by atoms with Crippen LogP contribution >= 0.6 is 0 Å². The van der Waals surface area contributed by atoms with E-state index in [9.17, 15) is 0 Å². The van der Waals surface area contributed by atoms with E-state index in [2.05, 4.69) is 10.2 Å². The van der Waals surface area contributed by atoms with Crippen molar-refractivity contribution in [2.45, 2.75) is 38.0 Å². The van der Waals surface area contributed by atoms with Crippen molar-refractivity contribution in [3.8, 4) is 0 Å². The summed E-state index contributed by atoms with van der Waals surface area (Å²) < 4.78 is 4.84. The summed E-state index contributed by atoms with van der Waals surface area (Å²) in [7, 11) is 1.55. The Morgan fingerprint density at radius 1 is 1.67 bits per heavy atom. The Morgan fingerprint density at radius 2 is 2.47 bits per heavy atom. The van der Waals surface area contributed by atoms with E-state index in [1.54, 1.807) is 7.11 Å². The van der Waals surface area contributed by atoms with Crippen molar-refractivity contribution in [1.82, 2.24) is 10.2 Å². The number of aromatic nitrogens is 2. The second-order valence-corrected chi connectivity index (χ2v) is 4.06. The second kappa shape index (κ2) is 4.47. The van der Waals surface area contributed by atoms with Crippen molar-refractivity contribution in [2.24, 2.45) is 0 Å². The lowest BCUT2D eigenvalue weighted by Gasteiger charge is -2.25. The highest BCUT2D eigenvalue weighted by molar-refractivity contribution is 5.72. The summed E-state index contributed by atoms with van der Waals surface area (Å²) in [6.07, 6.45) is 7.28. The van der Waals surface area contributed by atoms with E-state index in [0.717, 1.165) is 6.42 Å². The first-order valence-corrected chi connectivity index (χ1v) is 5.45. The highest BCUT2D eigenvalue weighted by Gasteiger charge is 2.23. The van der Waals surface area contributed by atoms with Gasteiger partial charge in [-0.25, -0.2) is 0 Å². The molecule has 15 heavy (non-hydrogen) atoms. The van der Waals surface area contributed by atoms with Gasteiger partial charge < -0.3 is 4.74 Å². The Morgan fingerprint density at radius 3 is 3.07 bits per heavy atom. The zero-order chi connectivity index (χ0) is 10.7. The quantitative estimate of drug-likeness (QED) is 0.587. The van der Waals surface area contributed by atoms with E-state index < -0.39 is 0 Å². The first-order valence-electron chi connectivity index (χ1n) is 5.45. The molecular weight excluding hydrogens is 190 g/mol. The Balaban J connectivity index is 1.95. The molecule has 0 atom stereocenters. The number of nitrogens with one attached hydrogen (secondary N) is 2. The van der Waals surface area contributed by atoms with Crippen LogP contribution in [0.25, 0.3) is 0 Å². The van der Waals surface area contributed by atoms with Gasteiger partial charge in [-0.15, -0.1) is 0 Å². The van der Waals surface area contributed by atoms with Crippen molar-refractivity contribution >= 4 is 5.90 Å². The van der Waals surface area contributed by atoms with Crippen LogP contribution in [0.3, 0.4) is 0 Å². The maximum absolute atomic E-state index is 7.42. The molecule has 4 nitrogen and oxygen atoms in total. The average Bonchev–Trinajstić information content (AvgIpc) is 2.60. The van der Waals surface area contributed by atoms with Crippen molar-refractivity contribution in [2.75, 3.05) is 7.11 Å². The number of methoxy groups -OCH3 is 1. The van der Waals surface area contributed by atoms with Crippen LogP contribution < -0.4 is 0 Å². The summed E-state index contributed by atoms with van der Waals surface area (Å²) in [6, 6.07) is 0. The second-order valence-electron chi connectivity index (χ2n) is 4.06.